The minimum Gasteiger partial charge on any atom is -0.317 e. The van der Waals surface area contributed by atoms with Crippen LogP contribution in [0.25, 0.3) is 0 Å². The Bertz CT molecular complexity index is 368. The molecule has 94 valence electrons. The van der Waals surface area contributed by atoms with Crippen molar-refractivity contribution in [1.29, 1.82) is 0 Å². The molecule has 1 unspecified atom stereocenters. The number of aryl methyl sites for hydroxylation is 1. The van der Waals surface area contributed by atoms with Crippen LogP contribution in [-0.4, -0.2) is 29.3 Å². The minimum atomic E-state index is 0.762. The molecule has 1 atom stereocenters. The first-order chi connectivity index (χ1) is 8.33. The van der Waals surface area contributed by atoms with Gasteiger partial charge < -0.3 is 5.32 Å². The number of hydrogen-bond acceptors (Lipinski definition) is 4. The van der Waals surface area contributed by atoms with E-state index in [-0.39, 0.29) is 0 Å². The van der Waals surface area contributed by atoms with Crippen LogP contribution in [0.5, 0.6) is 0 Å². The van der Waals surface area contributed by atoms with Crippen LogP contribution in [0.3, 0.4) is 0 Å². The van der Waals surface area contributed by atoms with Crippen molar-refractivity contribution >= 4 is 11.8 Å². The second kappa shape index (κ2) is 6.36. The summed E-state index contributed by atoms with van der Waals surface area (Å²) in [5, 5.41) is 3.44. The molecule has 1 aromatic rings. The van der Waals surface area contributed by atoms with E-state index in [1.807, 2.05) is 6.20 Å². The van der Waals surface area contributed by atoms with Gasteiger partial charge in [0, 0.05) is 11.9 Å². The van der Waals surface area contributed by atoms with Crippen LogP contribution in [0.2, 0.25) is 0 Å². The topological polar surface area (TPSA) is 37.8 Å². The number of nitrogens with one attached hydrogen (secondary N) is 1. The molecular formula is C13H21N3S. The summed E-state index contributed by atoms with van der Waals surface area (Å²) < 4.78 is 0. The Balaban J connectivity index is 2.01. The maximum absolute atomic E-state index is 4.67. The first kappa shape index (κ1) is 12.8. The van der Waals surface area contributed by atoms with Gasteiger partial charge in [-0.3, -0.25) is 0 Å². The summed E-state index contributed by atoms with van der Waals surface area (Å²) in [4.78, 5) is 9.11. The highest BCUT2D eigenvalue weighted by Crippen LogP contribution is 2.23. The van der Waals surface area contributed by atoms with Crippen molar-refractivity contribution in [2.24, 2.45) is 5.92 Å². The number of nitrogens with zero attached hydrogens (tertiary/aromatic N) is 2. The van der Waals surface area contributed by atoms with Gasteiger partial charge in [0.15, 0.2) is 0 Å². The molecule has 0 saturated carbocycles. The van der Waals surface area contributed by atoms with E-state index >= 15 is 0 Å². The number of thioether (sulfide) groups is 1. The van der Waals surface area contributed by atoms with Crippen LogP contribution in [0.15, 0.2) is 6.20 Å². The molecule has 1 aromatic heterocycles. The molecule has 0 radical (unpaired) electrons. The monoisotopic (exact) mass is 251 g/mol. The molecule has 0 bridgehead atoms. The van der Waals surface area contributed by atoms with Crippen LogP contribution >= 0.6 is 11.8 Å². The normalized spacial score (nSPS) is 19.1. The molecule has 0 fully saturated rings. The second-order valence-electron chi connectivity index (χ2n) is 4.61. The summed E-state index contributed by atoms with van der Waals surface area (Å²) >= 11 is 1.78. The van der Waals surface area contributed by atoms with Crippen molar-refractivity contribution in [3.8, 4) is 0 Å². The Morgan fingerprint density at radius 1 is 1.53 bits per heavy atom. The summed E-state index contributed by atoms with van der Waals surface area (Å²) in [6.07, 6.45) is 7.66. The van der Waals surface area contributed by atoms with Crippen LogP contribution in [0.1, 0.15) is 30.4 Å². The maximum Gasteiger partial charge on any atom is 0.138 e. The molecule has 0 saturated heterocycles. The predicted molar refractivity (Wildman–Crippen MR) is 73.3 cm³/mol. The minimum absolute atomic E-state index is 0.762. The fourth-order valence-corrected chi connectivity index (χ4v) is 2.74. The van der Waals surface area contributed by atoms with Crippen LogP contribution in [-0.2, 0) is 18.6 Å². The van der Waals surface area contributed by atoms with E-state index in [2.05, 4.69) is 28.5 Å². The average molecular weight is 251 g/mol. The molecule has 17 heavy (non-hydrogen) atoms. The van der Waals surface area contributed by atoms with Gasteiger partial charge in [-0.2, -0.15) is 11.8 Å². The van der Waals surface area contributed by atoms with Crippen molar-refractivity contribution in [3.05, 3.63) is 23.3 Å². The quantitative estimate of drug-likeness (QED) is 0.869. The zero-order chi connectivity index (χ0) is 12.1. The molecule has 0 aromatic carbocycles. The van der Waals surface area contributed by atoms with Gasteiger partial charge in [-0.1, -0.05) is 6.92 Å². The molecular weight excluding hydrogens is 230 g/mol. The third-order valence-electron chi connectivity index (χ3n) is 3.26. The van der Waals surface area contributed by atoms with E-state index in [0.717, 1.165) is 43.4 Å². The zero-order valence-electron chi connectivity index (χ0n) is 10.7. The molecule has 0 aliphatic heterocycles. The Labute approximate surface area is 108 Å². The number of aromatic nitrogens is 2. The molecule has 1 aliphatic carbocycles. The van der Waals surface area contributed by atoms with E-state index in [9.17, 15) is 0 Å². The smallest absolute Gasteiger partial charge is 0.138 e. The molecule has 1 heterocycles. The lowest BCUT2D eigenvalue weighted by Gasteiger charge is -2.24. The van der Waals surface area contributed by atoms with Gasteiger partial charge in [0.05, 0.1) is 5.75 Å². The van der Waals surface area contributed by atoms with Crippen molar-refractivity contribution in [2.45, 2.75) is 31.9 Å². The Morgan fingerprint density at radius 2 is 2.41 bits per heavy atom. The third-order valence-corrected chi connectivity index (χ3v) is 3.81. The van der Waals surface area contributed by atoms with Gasteiger partial charge in [-0.05, 0) is 50.1 Å². The summed E-state index contributed by atoms with van der Waals surface area (Å²) in [7, 11) is 0. The van der Waals surface area contributed by atoms with Crippen LogP contribution < -0.4 is 5.32 Å². The molecule has 0 amide bonds. The van der Waals surface area contributed by atoms with E-state index in [1.165, 1.54) is 17.7 Å². The van der Waals surface area contributed by atoms with Gasteiger partial charge in [0.25, 0.3) is 0 Å². The van der Waals surface area contributed by atoms with E-state index < -0.39 is 0 Å². The van der Waals surface area contributed by atoms with Crippen molar-refractivity contribution in [1.82, 2.24) is 15.3 Å². The van der Waals surface area contributed by atoms with E-state index in [4.69, 9.17) is 0 Å². The molecule has 0 spiro atoms. The standard InChI is InChI=1S/C13H21N3S/c1-3-14-7-10-4-5-12-11(6-10)8-15-13(16-12)9-17-2/h8,10,14H,3-7,9H2,1-2H3. The van der Waals surface area contributed by atoms with E-state index in [1.54, 1.807) is 11.8 Å². The first-order valence-electron chi connectivity index (χ1n) is 6.36. The van der Waals surface area contributed by atoms with Gasteiger partial charge in [0.2, 0.25) is 0 Å². The van der Waals surface area contributed by atoms with E-state index in [0.29, 0.717) is 0 Å². The lowest BCUT2D eigenvalue weighted by atomic mass is 9.87. The Morgan fingerprint density at radius 3 is 3.18 bits per heavy atom. The predicted octanol–water partition coefficient (Wildman–Crippen LogP) is 2.05. The number of rotatable bonds is 5. The molecule has 2 rings (SSSR count). The SMILES string of the molecule is CCNCC1CCc2nc(CSC)ncc2C1. The van der Waals surface area contributed by atoms with Crippen molar-refractivity contribution in [3.63, 3.8) is 0 Å². The summed E-state index contributed by atoms with van der Waals surface area (Å²) in [6, 6.07) is 0. The highest BCUT2D eigenvalue weighted by atomic mass is 32.2. The maximum atomic E-state index is 4.67. The lowest BCUT2D eigenvalue weighted by molar-refractivity contribution is 0.424. The Hall–Kier alpha value is -0.610. The molecule has 3 nitrogen and oxygen atoms in total. The average Bonchev–Trinajstić information content (AvgIpc) is 2.36. The van der Waals surface area contributed by atoms with Gasteiger partial charge in [-0.15, -0.1) is 0 Å². The lowest BCUT2D eigenvalue weighted by Crippen LogP contribution is -2.27. The fourth-order valence-electron chi connectivity index (χ4n) is 2.35. The highest BCUT2D eigenvalue weighted by Gasteiger charge is 2.19. The first-order valence-corrected chi connectivity index (χ1v) is 7.76. The van der Waals surface area contributed by atoms with Crippen LogP contribution in [0.4, 0.5) is 0 Å². The van der Waals surface area contributed by atoms with Crippen molar-refractivity contribution in [2.75, 3.05) is 19.3 Å². The third kappa shape index (κ3) is 3.42. The van der Waals surface area contributed by atoms with Crippen LogP contribution in [0, 0.1) is 5.92 Å². The van der Waals surface area contributed by atoms with Crippen molar-refractivity contribution < 1.29 is 0 Å². The highest BCUT2D eigenvalue weighted by molar-refractivity contribution is 7.97. The summed E-state index contributed by atoms with van der Waals surface area (Å²) in [5.74, 6) is 2.67. The molecule has 4 heteroatoms. The van der Waals surface area contributed by atoms with Gasteiger partial charge >= 0.3 is 0 Å². The zero-order valence-corrected chi connectivity index (χ0v) is 11.5. The summed E-state index contributed by atoms with van der Waals surface area (Å²) in [6.45, 7) is 4.35. The largest absolute Gasteiger partial charge is 0.317 e. The second-order valence-corrected chi connectivity index (χ2v) is 5.47. The fraction of sp³-hybridized carbons (Fsp3) is 0.692. The molecule has 1 aliphatic rings. The number of fused-ring (bicyclic) bond motifs is 1. The van der Waals surface area contributed by atoms with Gasteiger partial charge in [-0.25, -0.2) is 9.97 Å². The van der Waals surface area contributed by atoms with Gasteiger partial charge in [0.1, 0.15) is 5.82 Å². The molecule has 1 N–H and O–H groups in total. The number of hydrogen-bond donors (Lipinski definition) is 1. The Kier molecular flexibility index (Phi) is 4.80. The summed E-state index contributed by atoms with van der Waals surface area (Å²) in [5.41, 5.74) is 2.65.